The number of nitrogen functional groups attached to an aromatic ring is 1. The number of carbonyl (C=O) groups excluding carboxylic acids is 1. The van der Waals surface area contributed by atoms with Gasteiger partial charge in [0.25, 0.3) is 0 Å². The molecule has 0 fully saturated rings. The van der Waals surface area contributed by atoms with Gasteiger partial charge >= 0.3 is 5.97 Å². The molecule has 6 nitrogen and oxygen atoms in total. The van der Waals surface area contributed by atoms with Crippen LogP contribution in [0, 0.1) is 0 Å². The van der Waals surface area contributed by atoms with Crippen LogP contribution < -0.4 is 5.73 Å². The Labute approximate surface area is 75.0 Å². The SMILES string of the molecule is CCC(C(=O)OC)c1nonc1N. The average molecular weight is 185 g/mol. The van der Waals surface area contributed by atoms with Crippen LogP contribution in [-0.2, 0) is 9.53 Å². The molecule has 72 valence electrons. The third kappa shape index (κ3) is 1.77. The maximum absolute atomic E-state index is 11.2. The molecule has 1 atom stereocenters. The zero-order chi connectivity index (χ0) is 9.84. The van der Waals surface area contributed by atoms with E-state index in [4.69, 9.17) is 5.73 Å². The summed E-state index contributed by atoms with van der Waals surface area (Å²) < 4.78 is 8.97. The number of rotatable bonds is 3. The largest absolute Gasteiger partial charge is 0.469 e. The van der Waals surface area contributed by atoms with Gasteiger partial charge in [-0.15, -0.1) is 0 Å². The summed E-state index contributed by atoms with van der Waals surface area (Å²) in [6.07, 6.45) is 0.547. The first-order valence-electron chi connectivity index (χ1n) is 3.86. The quantitative estimate of drug-likeness (QED) is 0.682. The highest BCUT2D eigenvalue weighted by molar-refractivity contribution is 5.78. The van der Waals surface area contributed by atoms with Crippen molar-refractivity contribution in [1.29, 1.82) is 0 Å². The number of hydrogen-bond donors (Lipinski definition) is 1. The molecule has 2 N–H and O–H groups in total. The van der Waals surface area contributed by atoms with E-state index in [0.717, 1.165) is 0 Å². The zero-order valence-corrected chi connectivity index (χ0v) is 7.48. The van der Waals surface area contributed by atoms with E-state index in [1.54, 1.807) is 0 Å². The summed E-state index contributed by atoms with van der Waals surface area (Å²) >= 11 is 0. The van der Waals surface area contributed by atoms with E-state index < -0.39 is 5.92 Å². The van der Waals surface area contributed by atoms with Gasteiger partial charge in [0.05, 0.1) is 7.11 Å². The van der Waals surface area contributed by atoms with Gasteiger partial charge in [-0.3, -0.25) is 4.79 Å². The van der Waals surface area contributed by atoms with Crippen molar-refractivity contribution < 1.29 is 14.2 Å². The lowest BCUT2D eigenvalue weighted by molar-refractivity contribution is -0.142. The Morgan fingerprint density at radius 1 is 1.69 bits per heavy atom. The Kier molecular flexibility index (Phi) is 2.84. The van der Waals surface area contributed by atoms with Crippen LogP contribution in [0.2, 0.25) is 0 Å². The highest BCUT2D eigenvalue weighted by Gasteiger charge is 2.25. The van der Waals surface area contributed by atoms with Gasteiger partial charge in [0.1, 0.15) is 11.6 Å². The van der Waals surface area contributed by atoms with Gasteiger partial charge in [-0.25, -0.2) is 4.63 Å². The molecule has 0 bridgehead atoms. The first-order valence-corrected chi connectivity index (χ1v) is 3.86. The number of nitrogens with zero attached hydrogens (tertiary/aromatic N) is 2. The van der Waals surface area contributed by atoms with Crippen molar-refractivity contribution in [2.45, 2.75) is 19.3 Å². The van der Waals surface area contributed by atoms with E-state index in [-0.39, 0.29) is 11.8 Å². The third-order valence-corrected chi connectivity index (χ3v) is 1.76. The Morgan fingerprint density at radius 3 is 2.77 bits per heavy atom. The van der Waals surface area contributed by atoms with E-state index in [1.165, 1.54) is 7.11 Å². The number of hydrogen-bond acceptors (Lipinski definition) is 6. The summed E-state index contributed by atoms with van der Waals surface area (Å²) in [5, 5.41) is 6.93. The van der Waals surface area contributed by atoms with Gasteiger partial charge in [0.2, 0.25) is 0 Å². The van der Waals surface area contributed by atoms with Crippen LogP contribution in [0.5, 0.6) is 0 Å². The van der Waals surface area contributed by atoms with Gasteiger partial charge < -0.3 is 10.5 Å². The molecule has 6 heteroatoms. The van der Waals surface area contributed by atoms with Crippen molar-refractivity contribution in [2.75, 3.05) is 12.8 Å². The minimum absolute atomic E-state index is 0.136. The highest BCUT2D eigenvalue weighted by atomic mass is 16.6. The molecule has 0 aliphatic heterocycles. The second-order valence-corrected chi connectivity index (χ2v) is 2.52. The molecule has 0 saturated carbocycles. The first kappa shape index (κ1) is 9.50. The van der Waals surface area contributed by atoms with Crippen molar-refractivity contribution in [1.82, 2.24) is 10.3 Å². The first-order chi connectivity index (χ1) is 6.20. The van der Waals surface area contributed by atoms with Crippen LogP contribution in [-0.4, -0.2) is 23.4 Å². The van der Waals surface area contributed by atoms with Gasteiger partial charge in [0, 0.05) is 0 Å². The van der Waals surface area contributed by atoms with Crippen LogP contribution in [0.25, 0.3) is 0 Å². The lowest BCUT2D eigenvalue weighted by Crippen LogP contribution is -2.15. The van der Waals surface area contributed by atoms with Crippen LogP contribution in [0.3, 0.4) is 0 Å². The van der Waals surface area contributed by atoms with Crippen molar-refractivity contribution in [3.05, 3.63) is 5.69 Å². The van der Waals surface area contributed by atoms with Crippen LogP contribution >= 0.6 is 0 Å². The number of nitrogens with two attached hydrogens (primary N) is 1. The van der Waals surface area contributed by atoms with Crippen molar-refractivity contribution >= 4 is 11.8 Å². The Bertz CT molecular complexity index is 297. The molecule has 13 heavy (non-hydrogen) atoms. The monoisotopic (exact) mass is 185 g/mol. The summed E-state index contributed by atoms with van der Waals surface area (Å²) in [5.41, 5.74) is 5.78. The summed E-state index contributed by atoms with van der Waals surface area (Å²) in [7, 11) is 1.31. The summed E-state index contributed by atoms with van der Waals surface area (Å²) in [6, 6.07) is 0. The maximum Gasteiger partial charge on any atom is 0.315 e. The standard InChI is InChI=1S/C7H11N3O3/c1-3-4(7(11)12-2)5-6(8)10-13-9-5/h4H,3H2,1-2H3,(H2,8,10). The highest BCUT2D eigenvalue weighted by Crippen LogP contribution is 2.22. The van der Waals surface area contributed by atoms with Crippen LogP contribution in [0.15, 0.2) is 4.63 Å². The lowest BCUT2D eigenvalue weighted by Gasteiger charge is -2.07. The number of esters is 1. The van der Waals surface area contributed by atoms with Crippen molar-refractivity contribution in [2.24, 2.45) is 0 Å². The summed E-state index contributed by atoms with van der Waals surface area (Å²) in [6.45, 7) is 1.83. The molecule has 0 aliphatic carbocycles. The predicted molar refractivity (Wildman–Crippen MR) is 43.8 cm³/mol. The fourth-order valence-corrected chi connectivity index (χ4v) is 1.06. The Balaban J connectivity index is 2.90. The third-order valence-electron chi connectivity index (χ3n) is 1.76. The minimum atomic E-state index is -0.490. The molecule has 1 aromatic rings. The fraction of sp³-hybridized carbons (Fsp3) is 0.571. The molecular formula is C7H11N3O3. The zero-order valence-electron chi connectivity index (χ0n) is 7.48. The second-order valence-electron chi connectivity index (χ2n) is 2.52. The topological polar surface area (TPSA) is 91.2 Å². The number of carbonyl (C=O) groups is 1. The molecule has 1 unspecified atom stereocenters. The normalized spacial score (nSPS) is 12.5. The van der Waals surface area contributed by atoms with Crippen LogP contribution in [0.1, 0.15) is 25.0 Å². The number of aromatic nitrogens is 2. The average Bonchev–Trinajstić information content (AvgIpc) is 2.53. The number of ether oxygens (including phenoxy) is 1. The molecule has 0 saturated heterocycles. The van der Waals surface area contributed by atoms with Crippen LogP contribution in [0.4, 0.5) is 5.82 Å². The Hall–Kier alpha value is -1.59. The predicted octanol–water partition coefficient (Wildman–Crippen LogP) is 0.318. The van der Waals surface area contributed by atoms with E-state index in [1.807, 2.05) is 6.92 Å². The Morgan fingerprint density at radius 2 is 2.38 bits per heavy atom. The summed E-state index contributed by atoms with van der Waals surface area (Å²) in [4.78, 5) is 11.2. The van der Waals surface area contributed by atoms with Gasteiger partial charge in [-0.05, 0) is 11.6 Å². The van der Waals surface area contributed by atoms with E-state index in [0.29, 0.717) is 12.1 Å². The number of methoxy groups -OCH3 is 1. The van der Waals surface area contributed by atoms with Crippen molar-refractivity contribution in [3.63, 3.8) is 0 Å². The molecule has 1 rings (SSSR count). The molecule has 0 radical (unpaired) electrons. The molecule has 1 aromatic heterocycles. The molecule has 0 aromatic carbocycles. The van der Waals surface area contributed by atoms with Gasteiger partial charge in [0.15, 0.2) is 5.82 Å². The minimum Gasteiger partial charge on any atom is -0.469 e. The lowest BCUT2D eigenvalue weighted by atomic mass is 10.0. The van der Waals surface area contributed by atoms with E-state index >= 15 is 0 Å². The second kappa shape index (κ2) is 3.88. The van der Waals surface area contributed by atoms with E-state index in [9.17, 15) is 4.79 Å². The molecular weight excluding hydrogens is 174 g/mol. The molecule has 0 amide bonds. The molecule has 1 heterocycles. The van der Waals surface area contributed by atoms with Gasteiger partial charge in [-0.2, -0.15) is 0 Å². The van der Waals surface area contributed by atoms with Crippen molar-refractivity contribution in [3.8, 4) is 0 Å². The maximum atomic E-state index is 11.2. The fourth-order valence-electron chi connectivity index (χ4n) is 1.06. The number of anilines is 1. The molecule has 0 spiro atoms. The van der Waals surface area contributed by atoms with Gasteiger partial charge in [-0.1, -0.05) is 12.1 Å². The van der Waals surface area contributed by atoms with E-state index in [2.05, 4.69) is 19.7 Å². The smallest absolute Gasteiger partial charge is 0.315 e. The summed E-state index contributed by atoms with van der Waals surface area (Å²) in [5.74, 6) is -0.738. The molecule has 0 aliphatic rings.